The van der Waals surface area contributed by atoms with Crippen LogP contribution in [-0.4, -0.2) is 46.1 Å². The highest BCUT2D eigenvalue weighted by Gasteiger charge is 2.25. The van der Waals surface area contributed by atoms with E-state index < -0.39 is 0 Å². The van der Waals surface area contributed by atoms with Crippen LogP contribution in [0.5, 0.6) is 0 Å². The Morgan fingerprint density at radius 2 is 2.05 bits per heavy atom. The van der Waals surface area contributed by atoms with Crippen LogP contribution < -0.4 is 5.32 Å². The molecule has 7 heteroatoms. The van der Waals surface area contributed by atoms with Gasteiger partial charge in [0.1, 0.15) is 5.01 Å². The molecule has 0 bridgehead atoms. The van der Waals surface area contributed by atoms with Gasteiger partial charge in [-0.05, 0) is 32.2 Å². The summed E-state index contributed by atoms with van der Waals surface area (Å²) >= 11 is 1.70. The summed E-state index contributed by atoms with van der Waals surface area (Å²) in [7, 11) is 0. The standard InChI is InChI=1S/C13H19N5OS/c1-2-10(8-14-5-1)12-17-18-11(15-16-13(18)20-12)9-3-6-19-7-4-9/h9-10,14H,1-8H2. The zero-order valence-electron chi connectivity index (χ0n) is 11.4. The van der Waals surface area contributed by atoms with Gasteiger partial charge in [0.25, 0.3) is 0 Å². The van der Waals surface area contributed by atoms with Crippen molar-refractivity contribution < 1.29 is 4.74 Å². The van der Waals surface area contributed by atoms with Gasteiger partial charge in [0.05, 0.1) is 0 Å². The largest absolute Gasteiger partial charge is 0.381 e. The number of rotatable bonds is 2. The third-order valence-electron chi connectivity index (χ3n) is 4.26. The molecule has 6 nitrogen and oxygen atoms in total. The smallest absolute Gasteiger partial charge is 0.234 e. The average Bonchev–Trinajstić information content (AvgIpc) is 3.09. The Labute approximate surface area is 121 Å². The lowest BCUT2D eigenvalue weighted by Crippen LogP contribution is -2.28. The van der Waals surface area contributed by atoms with E-state index in [9.17, 15) is 0 Å². The molecule has 1 unspecified atom stereocenters. The van der Waals surface area contributed by atoms with Crippen LogP contribution in [0.15, 0.2) is 0 Å². The summed E-state index contributed by atoms with van der Waals surface area (Å²) in [4.78, 5) is 0.937. The van der Waals surface area contributed by atoms with Gasteiger partial charge < -0.3 is 10.1 Å². The highest BCUT2D eigenvalue weighted by molar-refractivity contribution is 7.16. The minimum atomic E-state index is 0.443. The Morgan fingerprint density at radius 1 is 1.15 bits per heavy atom. The summed E-state index contributed by atoms with van der Waals surface area (Å²) < 4.78 is 7.40. The summed E-state index contributed by atoms with van der Waals surface area (Å²) in [5.41, 5.74) is 0. The first-order valence-corrected chi connectivity index (χ1v) is 8.24. The third-order valence-corrected chi connectivity index (χ3v) is 5.32. The van der Waals surface area contributed by atoms with Crippen LogP contribution in [0.3, 0.4) is 0 Å². The second-order valence-electron chi connectivity index (χ2n) is 5.62. The van der Waals surface area contributed by atoms with Gasteiger partial charge in [-0.2, -0.15) is 9.61 Å². The Balaban J connectivity index is 1.63. The van der Waals surface area contributed by atoms with Crippen molar-refractivity contribution in [1.29, 1.82) is 0 Å². The van der Waals surface area contributed by atoms with E-state index in [1.54, 1.807) is 11.3 Å². The van der Waals surface area contributed by atoms with Crippen LogP contribution in [0.25, 0.3) is 4.96 Å². The van der Waals surface area contributed by atoms with Gasteiger partial charge in [-0.3, -0.25) is 0 Å². The van der Waals surface area contributed by atoms with E-state index in [-0.39, 0.29) is 0 Å². The fraction of sp³-hybridized carbons (Fsp3) is 0.769. The second kappa shape index (κ2) is 5.38. The molecule has 2 fully saturated rings. The number of piperidine rings is 1. The summed E-state index contributed by atoms with van der Waals surface area (Å²) in [5.74, 6) is 2.01. The maximum atomic E-state index is 5.43. The Bertz CT molecular complexity index is 583. The number of aromatic nitrogens is 4. The molecule has 0 aliphatic carbocycles. The highest BCUT2D eigenvalue weighted by Crippen LogP contribution is 2.30. The van der Waals surface area contributed by atoms with Crippen molar-refractivity contribution in [3.63, 3.8) is 0 Å². The highest BCUT2D eigenvalue weighted by atomic mass is 32.1. The number of nitrogens with zero attached hydrogens (tertiary/aromatic N) is 4. The van der Waals surface area contributed by atoms with Crippen molar-refractivity contribution >= 4 is 16.3 Å². The minimum absolute atomic E-state index is 0.443. The first-order valence-electron chi connectivity index (χ1n) is 7.42. The molecule has 1 N–H and O–H groups in total. The van der Waals surface area contributed by atoms with E-state index in [0.29, 0.717) is 11.8 Å². The Hall–Kier alpha value is -1.05. The Kier molecular flexibility index (Phi) is 3.41. The number of fused-ring (bicyclic) bond motifs is 1. The van der Waals surface area contributed by atoms with Crippen LogP contribution >= 0.6 is 11.3 Å². The normalized spacial score (nSPS) is 25.3. The first-order chi connectivity index (χ1) is 9.92. The van der Waals surface area contributed by atoms with Gasteiger partial charge in [0.15, 0.2) is 5.82 Å². The third kappa shape index (κ3) is 2.23. The molecule has 108 valence electrons. The SMILES string of the molecule is C1CNCC(c2nn3c(C4CCOCC4)nnc3s2)C1. The van der Waals surface area contributed by atoms with E-state index in [0.717, 1.165) is 49.9 Å². The molecule has 2 aromatic rings. The molecular formula is C13H19N5OS. The fourth-order valence-electron chi connectivity index (χ4n) is 3.08. The molecule has 4 rings (SSSR count). The number of ether oxygens (including phenoxy) is 1. The summed E-state index contributed by atoms with van der Waals surface area (Å²) in [5, 5.41) is 18.1. The van der Waals surface area contributed by atoms with Gasteiger partial charge in [0.2, 0.25) is 4.96 Å². The van der Waals surface area contributed by atoms with Crippen molar-refractivity contribution in [3.8, 4) is 0 Å². The second-order valence-corrected chi connectivity index (χ2v) is 6.61. The molecule has 0 radical (unpaired) electrons. The number of nitrogens with one attached hydrogen (secondary N) is 1. The first kappa shape index (κ1) is 12.7. The lowest BCUT2D eigenvalue weighted by molar-refractivity contribution is 0.0831. The molecule has 2 aromatic heterocycles. The van der Waals surface area contributed by atoms with Crippen LogP contribution in [0.1, 0.15) is 48.4 Å². The lowest BCUT2D eigenvalue weighted by atomic mass is 10.00. The zero-order chi connectivity index (χ0) is 13.4. The van der Waals surface area contributed by atoms with Crippen molar-refractivity contribution in [2.45, 2.75) is 37.5 Å². The van der Waals surface area contributed by atoms with Crippen molar-refractivity contribution in [1.82, 2.24) is 25.1 Å². The number of hydrogen-bond acceptors (Lipinski definition) is 6. The molecule has 0 aromatic carbocycles. The molecule has 2 aliphatic rings. The van der Waals surface area contributed by atoms with Gasteiger partial charge >= 0.3 is 0 Å². The van der Waals surface area contributed by atoms with Crippen LogP contribution in [0.4, 0.5) is 0 Å². The van der Waals surface area contributed by atoms with Gasteiger partial charge in [-0.25, -0.2) is 0 Å². The van der Waals surface area contributed by atoms with Gasteiger partial charge in [-0.1, -0.05) is 11.3 Å². The van der Waals surface area contributed by atoms with E-state index in [1.807, 2.05) is 4.52 Å². The molecule has 2 saturated heterocycles. The summed E-state index contributed by atoms with van der Waals surface area (Å²) in [6.07, 6.45) is 4.51. The van der Waals surface area contributed by atoms with Crippen LogP contribution in [0, 0.1) is 0 Å². The van der Waals surface area contributed by atoms with Crippen molar-refractivity contribution in [3.05, 3.63) is 10.8 Å². The number of hydrogen-bond donors (Lipinski definition) is 1. The minimum Gasteiger partial charge on any atom is -0.381 e. The van der Waals surface area contributed by atoms with Gasteiger partial charge in [-0.15, -0.1) is 10.2 Å². The molecule has 0 spiro atoms. The lowest BCUT2D eigenvalue weighted by Gasteiger charge is -2.20. The summed E-state index contributed by atoms with van der Waals surface area (Å²) in [6, 6.07) is 0. The average molecular weight is 293 g/mol. The zero-order valence-corrected chi connectivity index (χ0v) is 12.2. The molecule has 20 heavy (non-hydrogen) atoms. The topological polar surface area (TPSA) is 64.3 Å². The molecular weight excluding hydrogens is 274 g/mol. The van der Waals surface area contributed by atoms with Crippen molar-refractivity contribution in [2.24, 2.45) is 0 Å². The molecule has 0 saturated carbocycles. The maximum absolute atomic E-state index is 5.43. The fourth-order valence-corrected chi connectivity index (χ4v) is 4.06. The van der Waals surface area contributed by atoms with E-state index in [4.69, 9.17) is 9.84 Å². The van der Waals surface area contributed by atoms with E-state index >= 15 is 0 Å². The molecule has 1 atom stereocenters. The Morgan fingerprint density at radius 3 is 2.85 bits per heavy atom. The van der Waals surface area contributed by atoms with Gasteiger partial charge in [0, 0.05) is 31.6 Å². The maximum Gasteiger partial charge on any atom is 0.234 e. The van der Waals surface area contributed by atoms with E-state index in [2.05, 4.69) is 15.5 Å². The predicted molar refractivity (Wildman–Crippen MR) is 76.3 cm³/mol. The van der Waals surface area contributed by atoms with Crippen LogP contribution in [0.2, 0.25) is 0 Å². The monoisotopic (exact) mass is 293 g/mol. The molecule has 2 aliphatic heterocycles. The quantitative estimate of drug-likeness (QED) is 0.910. The molecule has 0 amide bonds. The predicted octanol–water partition coefficient (Wildman–Crippen LogP) is 1.55. The van der Waals surface area contributed by atoms with Crippen LogP contribution in [-0.2, 0) is 4.74 Å². The van der Waals surface area contributed by atoms with E-state index in [1.165, 1.54) is 17.8 Å². The summed E-state index contributed by atoms with van der Waals surface area (Å²) in [6.45, 7) is 3.82. The molecule has 4 heterocycles. The van der Waals surface area contributed by atoms with Crippen molar-refractivity contribution in [2.75, 3.05) is 26.3 Å².